The third-order valence-corrected chi connectivity index (χ3v) is 5.94. The van der Waals surface area contributed by atoms with Crippen LogP contribution in [0.3, 0.4) is 0 Å². The number of hydrogen-bond acceptors (Lipinski definition) is 4. The van der Waals surface area contributed by atoms with Crippen LogP contribution in [0.2, 0.25) is 0 Å². The largest absolute Gasteiger partial charge is 0.332 e. The van der Waals surface area contributed by atoms with Crippen molar-refractivity contribution in [2.45, 2.75) is 19.4 Å². The average molecular weight is 419 g/mol. The molecule has 2 aromatic rings. The second kappa shape index (κ2) is 7.82. The lowest BCUT2D eigenvalue weighted by Crippen LogP contribution is -2.35. The summed E-state index contributed by atoms with van der Waals surface area (Å²) in [6.07, 6.45) is 1.66. The molecule has 1 heterocycles. The smallest absolute Gasteiger partial charge is 0.254 e. The molecule has 1 N–H and O–H groups in total. The Morgan fingerprint density at radius 1 is 1.24 bits per heavy atom. The van der Waals surface area contributed by atoms with Gasteiger partial charge in [0, 0.05) is 24.3 Å². The normalized spacial score (nSPS) is 15.7. The van der Waals surface area contributed by atoms with E-state index in [1.807, 2.05) is 6.92 Å². The van der Waals surface area contributed by atoms with Crippen molar-refractivity contribution in [3.63, 3.8) is 0 Å². The lowest BCUT2D eigenvalue weighted by atomic mass is 10.1. The number of nitrogens with one attached hydrogen (secondary N) is 1. The molecular weight excluding hydrogens is 397 g/mol. The minimum atomic E-state index is -3.40. The van der Waals surface area contributed by atoms with E-state index >= 15 is 0 Å². The third-order valence-electron chi connectivity index (χ3n) is 4.67. The van der Waals surface area contributed by atoms with E-state index in [-0.39, 0.29) is 18.5 Å². The lowest BCUT2D eigenvalue weighted by Gasteiger charge is -2.22. The second-order valence-corrected chi connectivity index (χ2v) is 9.03. The molecule has 7 nitrogen and oxygen atoms in total. The minimum absolute atomic E-state index is 0.210. The van der Waals surface area contributed by atoms with Gasteiger partial charge < -0.3 is 10.2 Å². The Kier molecular flexibility index (Phi) is 5.61. The van der Waals surface area contributed by atoms with Crippen LogP contribution in [-0.4, -0.2) is 51.0 Å². The number of carbonyl (C=O) groups is 2. The second-order valence-electron chi connectivity index (χ2n) is 7.18. The number of nitrogens with zero attached hydrogens (tertiary/aromatic N) is 2. The highest BCUT2D eigenvalue weighted by atomic mass is 32.2. The van der Waals surface area contributed by atoms with Crippen molar-refractivity contribution in [2.75, 3.05) is 29.5 Å². The summed E-state index contributed by atoms with van der Waals surface area (Å²) in [6, 6.07) is 10.1. The van der Waals surface area contributed by atoms with Gasteiger partial charge in [-0.3, -0.25) is 13.9 Å². The van der Waals surface area contributed by atoms with E-state index in [1.54, 1.807) is 24.3 Å². The van der Waals surface area contributed by atoms with Gasteiger partial charge in [0.25, 0.3) is 5.91 Å². The maximum Gasteiger partial charge on any atom is 0.254 e. The van der Waals surface area contributed by atoms with E-state index in [0.29, 0.717) is 23.4 Å². The maximum atomic E-state index is 13.2. The molecule has 1 aliphatic heterocycles. The van der Waals surface area contributed by atoms with Crippen molar-refractivity contribution in [1.29, 1.82) is 0 Å². The molecule has 0 unspecified atom stereocenters. The third kappa shape index (κ3) is 4.56. The molecule has 9 heteroatoms. The fraction of sp³-hybridized carbons (Fsp3) is 0.300. The van der Waals surface area contributed by atoms with Crippen molar-refractivity contribution >= 4 is 33.2 Å². The Balaban J connectivity index is 1.71. The van der Waals surface area contributed by atoms with Gasteiger partial charge in [-0.15, -0.1) is 0 Å². The van der Waals surface area contributed by atoms with Gasteiger partial charge >= 0.3 is 0 Å². The first-order valence-corrected chi connectivity index (χ1v) is 10.8. The highest BCUT2D eigenvalue weighted by Crippen LogP contribution is 2.34. The average Bonchev–Trinajstić information content (AvgIpc) is 2.95. The highest BCUT2D eigenvalue weighted by molar-refractivity contribution is 7.92. The zero-order valence-electron chi connectivity index (χ0n) is 16.3. The first kappa shape index (κ1) is 20.8. The number of carbonyl (C=O) groups excluding carboxylic acids is 2. The number of fused-ring (bicyclic) bond motifs is 1. The molecular formula is C20H22FN3O4S. The Hall–Kier alpha value is -2.94. The molecule has 29 heavy (non-hydrogen) atoms. The zero-order valence-corrected chi connectivity index (χ0v) is 17.2. The standard InChI is InChI=1S/C20H22FN3O4S/c1-13-9-15-10-14(7-8-18(15)24(13)29(3,27)28)20(26)23(2)12-19(25)22-17-6-4-5-16(21)11-17/h4-8,10-11,13H,9,12H2,1-3H3,(H,22,25)/t13-/m1/s1. The predicted molar refractivity (Wildman–Crippen MR) is 109 cm³/mol. The summed E-state index contributed by atoms with van der Waals surface area (Å²) in [7, 11) is -1.91. The van der Waals surface area contributed by atoms with Crippen molar-refractivity contribution < 1.29 is 22.4 Å². The van der Waals surface area contributed by atoms with Crippen LogP contribution in [0, 0.1) is 5.82 Å². The fourth-order valence-electron chi connectivity index (χ4n) is 3.52. The van der Waals surface area contributed by atoms with Gasteiger partial charge in [0.15, 0.2) is 0 Å². The van der Waals surface area contributed by atoms with Gasteiger partial charge in [0.2, 0.25) is 15.9 Å². The Bertz CT molecular complexity index is 1070. The number of amides is 2. The Morgan fingerprint density at radius 3 is 2.62 bits per heavy atom. The van der Waals surface area contributed by atoms with E-state index in [1.165, 1.54) is 34.5 Å². The SMILES string of the molecule is C[C@@H]1Cc2cc(C(=O)N(C)CC(=O)Nc3cccc(F)c3)ccc2N1S(C)(=O)=O. The number of benzene rings is 2. The monoisotopic (exact) mass is 419 g/mol. The molecule has 0 saturated carbocycles. The summed E-state index contributed by atoms with van der Waals surface area (Å²) in [5, 5.41) is 2.54. The molecule has 0 radical (unpaired) electrons. The van der Waals surface area contributed by atoms with Gasteiger partial charge in [-0.25, -0.2) is 12.8 Å². The van der Waals surface area contributed by atoms with Gasteiger partial charge in [0.05, 0.1) is 18.5 Å². The van der Waals surface area contributed by atoms with Crippen LogP contribution >= 0.6 is 0 Å². The number of anilines is 2. The molecule has 154 valence electrons. The molecule has 0 fully saturated rings. The summed E-state index contributed by atoms with van der Waals surface area (Å²) in [5.74, 6) is -1.29. The van der Waals surface area contributed by atoms with Crippen LogP contribution in [0.15, 0.2) is 42.5 Å². The number of sulfonamides is 1. The molecule has 0 bridgehead atoms. The summed E-state index contributed by atoms with van der Waals surface area (Å²) in [4.78, 5) is 26.1. The number of rotatable bonds is 5. The molecule has 1 atom stereocenters. The molecule has 0 spiro atoms. The van der Waals surface area contributed by atoms with Crippen LogP contribution in [0.4, 0.5) is 15.8 Å². The van der Waals surface area contributed by atoms with Gasteiger partial charge in [-0.05, 0) is 55.3 Å². The van der Waals surface area contributed by atoms with E-state index in [4.69, 9.17) is 0 Å². The molecule has 0 aliphatic carbocycles. The van der Waals surface area contributed by atoms with Crippen molar-refractivity contribution in [1.82, 2.24) is 4.90 Å². The molecule has 3 rings (SSSR count). The Labute approximate surface area is 169 Å². The fourth-order valence-corrected chi connectivity index (χ4v) is 4.78. The van der Waals surface area contributed by atoms with Gasteiger partial charge in [-0.2, -0.15) is 0 Å². The minimum Gasteiger partial charge on any atom is -0.332 e. The molecule has 0 saturated heterocycles. The quantitative estimate of drug-likeness (QED) is 0.805. The molecule has 2 aromatic carbocycles. The molecule has 1 aliphatic rings. The van der Waals surface area contributed by atoms with Gasteiger partial charge in [-0.1, -0.05) is 6.07 Å². The summed E-state index contributed by atoms with van der Waals surface area (Å²) in [5.41, 5.74) is 2.02. The summed E-state index contributed by atoms with van der Waals surface area (Å²) >= 11 is 0. The van der Waals surface area contributed by atoms with Crippen molar-refractivity contribution in [2.24, 2.45) is 0 Å². The highest BCUT2D eigenvalue weighted by Gasteiger charge is 2.33. The van der Waals surface area contributed by atoms with E-state index in [0.717, 1.165) is 11.8 Å². The molecule has 2 amide bonds. The van der Waals surface area contributed by atoms with E-state index in [2.05, 4.69) is 5.32 Å². The van der Waals surface area contributed by atoms with Crippen LogP contribution in [0.1, 0.15) is 22.8 Å². The number of halogens is 1. The maximum absolute atomic E-state index is 13.2. The van der Waals surface area contributed by atoms with Crippen molar-refractivity contribution in [3.8, 4) is 0 Å². The zero-order chi connectivity index (χ0) is 21.3. The molecule has 0 aromatic heterocycles. The predicted octanol–water partition coefficient (Wildman–Crippen LogP) is 2.25. The summed E-state index contributed by atoms with van der Waals surface area (Å²) in [6.45, 7) is 1.60. The van der Waals surface area contributed by atoms with Crippen molar-refractivity contribution in [3.05, 3.63) is 59.4 Å². The first-order chi connectivity index (χ1) is 13.6. The lowest BCUT2D eigenvalue weighted by molar-refractivity contribution is -0.116. The first-order valence-electron chi connectivity index (χ1n) is 8.99. The van der Waals surface area contributed by atoms with Crippen LogP contribution in [0.25, 0.3) is 0 Å². The van der Waals surface area contributed by atoms with Gasteiger partial charge in [0.1, 0.15) is 5.82 Å². The topological polar surface area (TPSA) is 86.8 Å². The van der Waals surface area contributed by atoms with E-state index in [9.17, 15) is 22.4 Å². The van der Waals surface area contributed by atoms with Crippen LogP contribution in [0.5, 0.6) is 0 Å². The number of likely N-dealkylation sites (N-methyl/N-ethyl adjacent to an activating group) is 1. The van der Waals surface area contributed by atoms with Crippen LogP contribution < -0.4 is 9.62 Å². The van der Waals surface area contributed by atoms with Crippen LogP contribution in [-0.2, 0) is 21.2 Å². The number of hydrogen-bond donors (Lipinski definition) is 1. The Morgan fingerprint density at radius 2 is 1.97 bits per heavy atom. The summed E-state index contributed by atoms with van der Waals surface area (Å²) < 4.78 is 38.6. The van der Waals surface area contributed by atoms with E-state index < -0.39 is 21.7 Å².